The molecular formula is C38H26N2S. The Bertz CT molecular complexity index is 2140. The Morgan fingerprint density at radius 3 is 2.15 bits per heavy atom. The molecule has 6 aromatic carbocycles. The predicted molar refractivity (Wildman–Crippen MR) is 172 cm³/mol. The van der Waals surface area contributed by atoms with Gasteiger partial charge in [0.05, 0.1) is 22.4 Å². The zero-order chi connectivity index (χ0) is 26.9. The fourth-order valence-electron chi connectivity index (χ4n) is 6.79. The number of anilines is 3. The molecule has 7 aromatic rings. The van der Waals surface area contributed by atoms with Gasteiger partial charge in [-0.25, -0.2) is 0 Å². The predicted octanol–water partition coefficient (Wildman–Crippen LogP) is 10.5. The quantitative estimate of drug-likeness (QED) is 0.215. The van der Waals surface area contributed by atoms with Gasteiger partial charge >= 0.3 is 0 Å². The Kier molecular flexibility index (Phi) is 4.99. The largest absolute Gasteiger partial charge is 0.309 e. The standard InChI is InChI=1S/C38H26N2S/c1-2-11-29(12-3-1)39-33-15-7-5-13-30(33)31-23-26(20-21-34(31)39)28-22-27-19-18-25-10-4-6-14-32(25)40-35-16-8-9-17-36(35)41-37(24-28)38(27)40/h1-17,20-24H,18-19H2. The van der Waals surface area contributed by atoms with Crippen molar-refractivity contribution >= 4 is 50.6 Å². The molecule has 0 amide bonds. The van der Waals surface area contributed by atoms with Crippen molar-refractivity contribution in [2.45, 2.75) is 22.6 Å². The van der Waals surface area contributed by atoms with E-state index in [0.29, 0.717) is 0 Å². The van der Waals surface area contributed by atoms with Crippen molar-refractivity contribution in [3.63, 3.8) is 0 Å². The molecule has 0 spiro atoms. The molecule has 3 heteroatoms. The third-order valence-electron chi connectivity index (χ3n) is 8.62. The van der Waals surface area contributed by atoms with Crippen molar-refractivity contribution in [3.05, 3.63) is 145 Å². The minimum atomic E-state index is 1.03. The lowest BCUT2D eigenvalue weighted by Crippen LogP contribution is -2.16. The van der Waals surface area contributed by atoms with Gasteiger partial charge in [-0.1, -0.05) is 84.6 Å². The number of hydrogen-bond donors (Lipinski definition) is 0. The second-order valence-electron chi connectivity index (χ2n) is 10.9. The van der Waals surface area contributed by atoms with Crippen molar-refractivity contribution in [2.24, 2.45) is 0 Å². The van der Waals surface area contributed by atoms with Crippen molar-refractivity contribution < 1.29 is 0 Å². The molecule has 0 saturated heterocycles. The summed E-state index contributed by atoms with van der Waals surface area (Å²) in [5.74, 6) is 0. The number of benzene rings is 6. The number of nitrogens with zero attached hydrogens (tertiary/aromatic N) is 2. The molecule has 2 aliphatic rings. The molecule has 0 aliphatic carbocycles. The zero-order valence-electron chi connectivity index (χ0n) is 22.4. The average molecular weight is 543 g/mol. The fourth-order valence-corrected chi connectivity index (χ4v) is 7.94. The van der Waals surface area contributed by atoms with Crippen molar-refractivity contribution in [2.75, 3.05) is 4.90 Å². The highest BCUT2D eigenvalue weighted by atomic mass is 32.2. The molecule has 3 heterocycles. The lowest BCUT2D eigenvalue weighted by atomic mass is 9.97. The summed E-state index contributed by atoms with van der Waals surface area (Å²) in [4.78, 5) is 5.15. The number of aromatic nitrogens is 1. The number of fused-ring (bicyclic) bond motifs is 7. The average Bonchev–Trinajstić information content (AvgIpc) is 3.26. The van der Waals surface area contributed by atoms with Gasteiger partial charge in [0.1, 0.15) is 0 Å². The first kappa shape index (κ1) is 23.0. The Morgan fingerprint density at radius 2 is 1.22 bits per heavy atom. The first-order chi connectivity index (χ1) is 20.3. The fraction of sp³-hybridized carbons (Fsp3) is 0.0526. The highest BCUT2D eigenvalue weighted by molar-refractivity contribution is 7.99. The Hall–Kier alpha value is -4.73. The molecule has 0 N–H and O–H groups in total. The van der Waals surface area contributed by atoms with E-state index in [0.717, 1.165) is 12.8 Å². The van der Waals surface area contributed by atoms with Crippen LogP contribution in [0.3, 0.4) is 0 Å². The summed E-state index contributed by atoms with van der Waals surface area (Å²) in [5.41, 5.74) is 13.0. The summed E-state index contributed by atoms with van der Waals surface area (Å²) in [7, 11) is 0. The highest BCUT2D eigenvalue weighted by Crippen LogP contribution is 2.55. The number of aryl methyl sites for hydroxylation is 2. The van der Waals surface area contributed by atoms with Crippen LogP contribution in [0.4, 0.5) is 17.1 Å². The monoisotopic (exact) mass is 542 g/mol. The Morgan fingerprint density at radius 1 is 0.488 bits per heavy atom. The topological polar surface area (TPSA) is 8.17 Å². The molecule has 0 unspecified atom stereocenters. The molecule has 0 fully saturated rings. The molecule has 41 heavy (non-hydrogen) atoms. The van der Waals surface area contributed by atoms with Gasteiger partial charge in [-0.2, -0.15) is 0 Å². The second kappa shape index (κ2) is 8.89. The van der Waals surface area contributed by atoms with E-state index in [1.807, 2.05) is 11.8 Å². The smallest absolute Gasteiger partial charge is 0.0634 e. The van der Waals surface area contributed by atoms with E-state index in [2.05, 4.69) is 143 Å². The van der Waals surface area contributed by atoms with Gasteiger partial charge in [-0.3, -0.25) is 0 Å². The minimum Gasteiger partial charge on any atom is -0.309 e. The molecule has 2 aliphatic heterocycles. The first-order valence-corrected chi connectivity index (χ1v) is 15.1. The molecule has 0 atom stereocenters. The van der Waals surface area contributed by atoms with Crippen molar-refractivity contribution in [1.82, 2.24) is 4.57 Å². The molecule has 0 saturated carbocycles. The third kappa shape index (κ3) is 3.46. The van der Waals surface area contributed by atoms with Gasteiger partial charge in [-0.15, -0.1) is 0 Å². The van der Waals surface area contributed by atoms with Crippen LogP contribution in [-0.2, 0) is 12.8 Å². The van der Waals surface area contributed by atoms with Crippen LogP contribution in [0.25, 0.3) is 38.6 Å². The maximum atomic E-state index is 2.51. The van der Waals surface area contributed by atoms with E-state index in [1.165, 1.54) is 76.6 Å². The lowest BCUT2D eigenvalue weighted by Gasteiger charge is -2.34. The second-order valence-corrected chi connectivity index (χ2v) is 12.0. The van der Waals surface area contributed by atoms with Crippen LogP contribution >= 0.6 is 11.8 Å². The minimum absolute atomic E-state index is 1.03. The summed E-state index contributed by atoms with van der Waals surface area (Å²) < 4.78 is 2.39. The maximum absolute atomic E-state index is 2.51. The van der Waals surface area contributed by atoms with E-state index in [-0.39, 0.29) is 0 Å². The molecular weight excluding hydrogens is 516 g/mol. The van der Waals surface area contributed by atoms with Gasteiger partial charge in [0.25, 0.3) is 0 Å². The molecule has 194 valence electrons. The van der Waals surface area contributed by atoms with Gasteiger partial charge in [0.2, 0.25) is 0 Å². The first-order valence-electron chi connectivity index (χ1n) is 14.2. The lowest BCUT2D eigenvalue weighted by molar-refractivity contribution is 0.974. The third-order valence-corrected chi connectivity index (χ3v) is 9.72. The van der Waals surface area contributed by atoms with Crippen LogP contribution < -0.4 is 4.90 Å². The summed E-state index contributed by atoms with van der Waals surface area (Å²) in [6.07, 6.45) is 2.07. The van der Waals surface area contributed by atoms with E-state index in [4.69, 9.17) is 0 Å². The number of rotatable bonds is 2. The van der Waals surface area contributed by atoms with Crippen LogP contribution in [0.1, 0.15) is 11.1 Å². The number of para-hydroxylation sites is 4. The molecule has 1 aromatic heterocycles. The van der Waals surface area contributed by atoms with Gasteiger partial charge in [-0.05, 0) is 95.8 Å². The summed E-state index contributed by atoms with van der Waals surface area (Å²) in [5, 5.41) is 2.58. The van der Waals surface area contributed by atoms with Crippen LogP contribution in [0.15, 0.2) is 143 Å². The van der Waals surface area contributed by atoms with Crippen LogP contribution in [-0.4, -0.2) is 4.57 Å². The van der Waals surface area contributed by atoms with Crippen molar-refractivity contribution in [3.8, 4) is 16.8 Å². The van der Waals surface area contributed by atoms with E-state index in [9.17, 15) is 0 Å². The van der Waals surface area contributed by atoms with Crippen LogP contribution in [0, 0.1) is 0 Å². The molecule has 2 nitrogen and oxygen atoms in total. The van der Waals surface area contributed by atoms with Crippen molar-refractivity contribution in [1.29, 1.82) is 0 Å². The van der Waals surface area contributed by atoms with E-state index < -0.39 is 0 Å². The van der Waals surface area contributed by atoms with Gasteiger partial charge in [0, 0.05) is 31.9 Å². The maximum Gasteiger partial charge on any atom is 0.0634 e. The molecule has 0 radical (unpaired) electrons. The number of hydrogen-bond acceptors (Lipinski definition) is 2. The summed E-state index contributed by atoms with van der Waals surface area (Å²) >= 11 is 1.90. The molecule has 9 rings (SSSR count). The van der Waals surface area contributed by atoms with Crippen LogP contribution in [0.2, 0.25) is 0 Å². The van der Waals surface area contributed by atoms with Crippen LogP contribution in [0.5, 0.6) is 0 Å². The van der Waals surface area contributed by atoms with Gasteiger partial charge in [0.15, 0.2) is 0 Å². The normalized spacial score (nSPS) is 13.5. The Labute approximate surface area is 243 Å². The van der Waals surface area contributed by atoms with E-state index in [1.54, 1.807) is 0 Å². The Balaban J connectivity index is 1.26. The van der Waals surface area contributed by atoms with Gasteiger partial charge < -0.3 is 9.47 Å². The highest BCUT2D eigenvalue weighted by Gasteiger charge is 2.31. The zero-order valence-corrected chi connectivity index (χ0v) is 23.2. The SMILES string of the molecule is c1ccc(-n2c3ccccc3c3cc(-c4cc5c6c(c4)Sc4ccccc4N6c4ccccc4CC5)ccc32)cc1. The van der Waals surface area contributed by atoms with E-state index >= 15 is 0 Å². The summed E-state index contributed by atoms with van der Waals surface area (Å²) in [6, 6.07) is 49.1. The molecule has 0 bridgehead atoms. The summed E-state index contributed by atoms with van der Waals surface area (Å²) in [6.45, 7) is 0.